The van der Waals surface area contributed by atoms with Gasteiger partial charge in [0.15, 0.2) is 9.90 Å². The lowest BCUT2D eigenvalue weighted by Gasteiger charge is -2.26. The van der Waals surface area contributed by atoms with Gasteiger partial charge in [0.2, 0.25) is 0 Å². The Morgan fingerprint density at radius 3 is 2.53 bits per heavy atom. The molecule has 1 aromatic carbocycles. The van der Waals surface area contributed by atoms with Crippen molar-refractivity contribution in [2.45, 2.75) is 31.0 Å². The van der Waals surface area contributed by atoms with Crippen LogP contribution in [0.3, 0.4) is 0 Å². The molecule has 3 heterocycles. The number of aryl methyl sites for hydroxylation is 2. The minimum absolute atomic E-state index is 0.0341. The molecule has 0 atom stereocenters. The van der Waals surface area contributed by atoms with Crippen LogP contribution < -0.4 is 4.72 Å². The quantitative estimate of drug-likeness (QED) is 0.544. The zero-order valence-corrected chi connectivity index (χ0v) is 20.0. The van der Waals surface area contributed by atoms with E-state index in [9.17, 15) is 18.0 Å². The number of sulfonamides is 1. The molecule has 0 bridgehead atoms. The highest BCUT2D eigenvalue weighted by atomic mass is 32.2. The molecule has 0 spiro atoms. The number of carbonyl (C=O) groups excluding carboxylic acids is 2. The molecule has 168 valence electrons. The molecule has 1 N–H and O–H groups in total. The van der Waals surface area contributed by atoms with E-state index in [-0.39, 0.29) is 27.9 Å². The first-order valence-corrected chi connectivity index (χ1v) is 12.7. The zero-order valence-electron chi connectivity index (χ0n) is 17.5. The SMILES string of the molecule is COC(=O)c1c(S(=O)(=O)Nc2cc(C)cc(C)c2)sc2c1CCN(C(=O)c1csnn1)C2. The van der Waals surface area contributed by atoms with Gasteiger partial charge in [0.1, 0.15) is 0 Å². The summed E-state index contributed by atoms with van der Waals surface area (Å²) >= 11 is 2.06. The molecule has 1 aliphatic rings. The van der Waals surface area contributed by atoms with Gasteiger partial charge in [0.25, 0.3) is 15.9 Å². The summed E-state index contributed by atoms with van der Waals surface area (Å²) in [5, 5.41) is 5.38. The molecule has 32 heavy (non-hydrogen) atoms. The standard InChI is InChI=1S/C20H20N4O5S3/c1-11-6-12(2)8-13(7-11)22-32(27,28)20-17(19(26)29-3)14-4-5-24(9-16(14)31-20)18(25)15-10-30-23-21-15/h6-8,10,22H,4-5,9H2,1-3H3. The number of benzene rings is 1. The van der Waals surface area contributed by atoms with Crippen LogP contribution >= 0.6 is 22.9 Å². The third-order valence-corrected chi connectivity index (χ3v) is 8.62. The zero-order chi connectivity index (χ0) is 23.0. The van der Waals surface area contributed by atoms with Crippen molar-refractivity contribution in [1.29, 1.82) is 0 Å². The van der Waals surface area contributed by atoms with Crippen LogP contribution in [0.5, 0.6) is 0 Å². The largest absolute Gasteiger partial charge is 0.465 e. The molecular weight excluding hydrogens is 472 g/mol. The first-order valence-electron chi connectivity index (χ1n) is 9.60. The van der Waals surface area contributed by atoms with Gasteiger partial charge in [-0.3, -0.25) is 9.52 Å². The number of hydrogen-bond donors (Lipinski definition) is 1. The third kappa shape index (κ3) is 4.25. The Hall–Kier alpha value is -2.83. The maximum atomic E-state index is 13.3. The van der Waals surface area contributed by atoms with Crippen molar-refractivity contribution in [3.8, 4) is 0 Å². The topological polar surface area (TPSA) is 119 Å². The molecule has 0 aliphatic carbocycles. The van der Waals surface area contributed by atoms with Gasteiger partial charge in [0.05, 0.1) is 19.2 Å². The van der Waals surface area contributed by atoms with Crippen molar-refractivity contribution in [1.82, 2.24) is 14.5 Å². The van der Waals surface area contributed by atoms with E-state index >= 15 is 0 Å². The van der Waals surface area contributed by atoms with Crippen molar-refractivity contribution in [3.05, 3.63) is 56.4 Å². The van der Waals surface area contributed by atoms with Crippen LogP contribution in [0.4, 0.5) is 5.69 Å². The molecule has 0 saturated heterocycles. The summed E-state index contributed by atoms with van der Waals surface area (Å²) in [6.07, 6.45) is 0.332. The van der Waals surface area contributed by atoms with E-state index in [1.54, 1.807) is 22.4 Å². The molecule has 1 amide bonds. The second kappa shape index (κ2) is 8.60. The van der Waals surface area contributed by atoms with Crippen LogP contribution in [0.1, 0.15) is 42.4 Å². The Balaban J connectivity index is 1.71. The minimum atomic E-state index is -4.06. The average molecular weight is 493 g/mol. The molecule has 0 saturated carbocycles. The molecule has 2 aromatic heterocycles. The number of anilines is 1. The van der Waals surface area contributed by atoms with E-state index in [4.69, 9.17) is 4.74 Å². The van der Waals surface area contributed by atoms with Gasteiger partial charge in [-0.2, -0.15) is 0 Å². The van der Waals surface area contributed by atoms with Crippen LogP contribution in [0.2, 0.25) is 0 Å². The van der Waals surface area contributed by atoms with E-state index < -0.39 is 16.0 Å². The fraction of sp³-hybridized carbons (Fsp3) is 0.300. The van der Waals surface area contributed by atoms with Gasteiger partial charge in [-0.1, -0.05) is 10.6 Å². The number of aromatic nitrogens is 2. The van der Waals surface area contributed by atoms with Crippen LogP contribution in [-0.4, -0.2) is 48.4 Å². The highest BCUT2D eigenvalue weighted by Gasteiger charge is 2.35. The molecule has 9 nitrogen and oxygen atoms in total. The maximum Gasteiger partial charge on any atom is 0.340 e. The number of rotatable bonds is 5. The van der Waals surface area contributed by atoms with Gasteiger partial charge in [-0.05, 0) is 60.6 Å². The number of hydrogen-bond acceptors (Lipinski definition) is 9. The summed E-state index contributed by atoms with van der Waals surface area (Å²) < 4.78 is 37.6. The number of ether oxygens (including phenoxy) is 1. The molecule has 0 fully saturated rings. The Labute approximate surface area is 193 Å². The Kier molecular flexibility index (Phi) is 6.01. The predicted octanol–water partition coefficient (Wildman–Crippen LogP) is 3.00. The summed E-state index contributed by atoms with van der Waals surface area (Å²) in [4.78, 5) is 27.4. The number of nitrogens with zero attached hydrogens (tertiary/aromatic N) is 3. The van der Waals surface area contributed by atoms with Crippen LogP contribution in [-0.2, 0) is 27.7 Å². The second-order valence-electron chi connectivity index (χ2n) is 7.41. The number of esters is 1. The molecule has 0 radical (unpaired) electrons. The average Bonchev–Trinajstić information content (AvgIpc) is 3.39. The van der Waals surface area contributed by atoms with Gasteiger partial charge < -0.3 is 9.64 Å². The Morgan fingerprint density at radius 2 is 1.91 bits per heavy atom. The second-order valence-corrected chi connectivity index (χ2v) is 11.0. The summed E-state index contributed by atoms with van der Waals surface area (Å²) in [5.41, 5.74) is 3.11. The lowest BCUT2D eigenvalue weighted by atomic mass is 10.0. The Bertz CT molecular complexity index is 1280. The highest BCUT2D eigenvalue weighted by molar-refractivity contribution is 7.94. The molecule has 12 heteroatoms. The molecule has 1 aliphatic heterocycles. The van der Waals surface area contributed by atoms with E-state index in [0.29, 0.717) is 29.1 Å². The lowest BCUT2D eigenvalue weighted by molar-refractivity contribution is 0.0595. The normalized spacial score (nSPS) is 13.5. The fourth-order valence-corrected chi connectivity index (χ4v) is 7.08. The lowest BCUT2D eigenvalue weighted by Crippen LogP contribution is -2.36. The number of amides is 1. The Morgan fingerprint density at radius 1 is 1.19 bits per heavy atom. The molecule has 3 aromatic rings. The van der Waals surface area contributed by atoms with Crippen molar-refractivity contribution in [3.63, 3.8) is 0 Å². The van der Waals surface area contributed by atoms with E-state index in [1.807, 2.05) is 19.9 Å². The van der Waals surface area contributed by atoms with Gasteiger partial charge in [-0.15, -0.1) is 16.4 Å². The fourth-order valence-electron chi connectivity index (χ4n) is 3.70. The van der Waals surface area contributed by atoms with Crippen molar-refractivity contribution in [2.24, 2.45) is 0 Å². The first-order chi connectivity index (χ1) is 15.2. The summed E-state index contributed by atoms with van der Waals surface area (Å²) in [5.74, 6) is -0.998. The van der Waals surface area contributed by atoms with E-state index in [2.05, 4.69) is 14.3 Å². The smallest absolute Gasteiger partial charge is 0.340 e. The highest BCUT2D eigenvalue weighted by Crippen LogP contribution is 2.38. The number of carbonyl (C=O) groups is 2. The number of thiophene rings is 1. The molecule has 4 rings (SSSR count). The minimum Gasteiger partial charge on any atom is -0.465 e. The summed E-state index contributed by atoms with van der Waals surface area (Å²) in [7, 11) is -2.85. The molecular formula is C20H20N4O5S3. The monoisotopic (exact) mass is 492 g/mol. The number of nitrogens with one attached hydrogen (secondary N) is 1. The molecule has 0 unspecified atom stereocenters. The van der Waals surface area contributed by atoms with Crippen LogP contribution in [0, 0.1) is 13.8 Å². The van der Waals surface area contributed by atoms with Crippen molar-refractivity contribution >= 4 is 50.5 Å². The van der Waals surface area contributed by atoms with Gasteiger partial charge >= 0.3 is 5.97 Å². The first kappa shape index (κ1) is 22.4. The van der Waals surface area contributed by atoms with Crippen molar-refractivity contribution in [2.75, 3.05) is 18.4 Å². The summed E-state index contributed by atoms with van der Waals surface area (Å²) in [6, 6.07) is 5.38. The van der Waals surface area contributed by atoms with Crippen LogP contribution in [0.15, 0.2) is 27.8 Å². The summed E-state index contributed by atoms with van der Waals surface area (Å²) in [6.45, 7) is 4.25. The predicted molar refractivity (Wildman–Crippen MR) is 121 cm³/mol. The van der Waals surface area contributed by atoms with E-state index in [0.717, 1.165) is 34.0 Å². The van der Waals surface area contributed by atoms with Crippen molar-refractivity contribution < 1.29 is 22.7 Å². The number of fused-ring (bicyclic) bond motifs is 1. The van der Waals surface area contributed by atoms with Gasteiger partial charge in [-0.25, -0.2) is 13.2 Å². The third-order valence-electron chi connectivity index (χ3n) is 5.00. The van der Waals surface area contributed by atoms with Crippen LogP contribution in [0.25, 0.3) is 0 Å². The maximum absolute atomic E-state index is 13.3. The van der Waals surface area contributed by atoms with E-state index in [1.165, 1.54) is 7.11 Å². The number of methoxy groups -OCH3 is 1. The van der Waals surface area contributed by atoms with Gasteiger partial charge in [0, 0.05) is 22.5 Å².